The van der Waals surface area contributed by atoms with Crippen molar-refractivity contribution in [3.63, 3.8) is 0 Å². The minimum absolute atomic E-state index is 0.0540. The number of carbonyl (C=O) groups excluding carboxylic acids is 1. The van der Waals surface area contributed by atoms with Gasteiger partial charge in [-0.2, -0.15) is 0 Å². The maximum Gasteiger partial charge on any atom is 0.271 e. The van der Waals surface area contributed by atoms with Crippen LogP contribution < -0.4 is 11.1 Å². The number of hydrogen-bond acceptors (Lipinski definition) is 5. The molecule has 0 radical (unpaired) electrons. The van der Waals surface area contributed by atoms with Crippen LogP contribution in [0.2, 0.25) is 0 Å². The first-order valence-electron chi connectivity index (χ1n) is 9.70. The highest BCUT2D eigenvalue weighted by molar-refractivity contribution is 5.97. The molecule has 0 saturated carbocycles. The number of carbonyl (C=O) groups is 1. The normalized spacial score (nSPS) is 14.4. The Balaban J connectivity index is 1.68. The van der Waals surface area contributed by atoms with Crippen molar-refractivity contribution in [2.75, 3.05) is 18.5 Å². The quantitative estimate of drug-likeness (QED) is 0.633. The molecule has 0 bridgehead atoms. The topological polar surface area (TPSA) is 90.1 Å². The van der Waals surface area contributed by atoms with Crippen molar-refractivity contribution in [1.82, 2.24) is 10.2 Å². The number of primary amides is 1. The second kappa shape index (κ2) is 8.73. The van der Waals surface area contributed by atoms with Gasteiger partial charge >= 0.3 is 0 Å². The van der Waals surface area contributed by atoms with Gasteiger partial charge in [0.05, 0.1) is 11.3 Å². The number of halogens is 3. The van der Waals surface area contributed by atoms with Gasteiger partial charge in [-0.3, -0.25) is 4.79 Å². The van der Waals surface area contributed by atoms with Gasteiger partial charge < -0.3 is 15.8 Å². The van der Waals surface area contributed by atoms with Crippen molar-refractivity contribution in [3.05, 3.63) is 71.2 Å². The van der Waals surface area contributed by atoms with Gasteiger partial charge in [0.25, 0.3) is 5.91 Å². The molecule has 2 heterocycles. The highest BCUT2D eigenvalue weighted by Gasteiger charge is 2.21. The molecule has 0 atom stereocenters. The van der Waals surface area contributed by atoms with E-state index in [4.69, 9.17) is 10.5 Å². The number of anilines is 2. The third-order valence-corrected chi connectivity index (χ3v) is 5.19. The van der Waals surface area contributed by atoms with Crippen LogP contribution in [0.5, 0.6) is 0 Å². The lowest BCUT2D eigenvalue weighted by atomic mass is 9.91. The number of hydrogen-bond donors (Lipinski definition) is 2. The Morgan fingerprint density at radius 1 is 1.00 bits per heavy atom. The molecule has 3 N–H and O–H groups in total. The van der Waals surface area contributed by atoms with Crippen LogP contribution in [0.4, 0.5) is 24.5 Å². The van der Waals surface area contributed by atoms with Crippen molar-refractivity contribution in [1.29, 1.82) is 0 Å². The van der Waals surface area contributed by atoms with Crippen LogP contribution in [-0.2, 0) is 4.74 Å². The molecule has 1 amide bonds. The lowest BCUT2D eigenvalue weighted by molar-refractivity contribution is 0.0846. The van der Waals surface area contributed by atoms with E-state index in [-0.39, 0.29) is 23.0 Å². The van der Waals surface area contributed by atoms with Crippen LogP contribution in [0.1, 0.15) is 34.8 Å². The summed E-state index contributed by atoms with van der Waals surface area (Å²) in [5.41, 5.74) is 5.55. The van der Waals surface area contributed by atoms with Gasteiger partial charge in [0.2, 0.25) is 0 Å². The fraction of sp³-hybridized carbons (Fsp3) is 0.227. The SMILES string of the molecule is NC(=O)c1nnc(-c2c(F)cccc2F)cc1Nc1ccc(C2CCOCC2)c(F)c1. The van der Waals surface area contributed by atoms with Crippen LogP contribution in [0, 0.1) is 17.5 Å². The Bertz CT molecular complexity index is 1110. The Morgan fingerprint density at radius 2 is 1.71 bits per heavy atom. The third-order valence-electron chi connectivity index (χ3n) is 5.19. The van der Waals surface area contributed by atoms with Crippen molar-refractivity contribution in [3.8, 4) is 11.3 Å². The number of benzene rings is 2. The highest BCUT2D eigenvalue weighted by Crippen LogP contribution is 2.32. The number of nitrogens with zero attached hydrogens (tertiary/aromatic N) is 2. The molecule has 160 valence electrons. The molecule has 1 fully saturated rings. The fourth-order valence-electron chi connectivity index (χ4n) is 3.63. The Kier molecular flexibility index (Phi) is 5.85. The molecule has 1 aliphatic heterocycles. The van der Waals surface area contributed by atoms with Gasteiger partial charge in [-0.25, -0.2) is 13.2 Å². The molecule has 0 spiro atoms. The molecule has 6 nitrogen and oxygen atoms in total. The minimum Gasteiger partial charge on any atom is -0.381 e. The van der Waals surface area contributed by atoms with Crippen LogP contribution in [0.15, 0.2) is 42.5 Å². The molecule has 4 rings (SSSR count). The van der Waals surface area contributed by atoms with Gasteiger partial charge in [0.1, 0.15) is 23.1 Å². The number of nitrogens with two attached hydrogens (primary N) is 1. The van der Waals surface area contributed by atoms with Gasteiger partial charge in [-0.1, -0.05) is 12.1 Å². The molecule has 9 heteroatoms. The molecule has 2 aromatic carbocycles. The van der Waals surface area contributed by atoms with Crippen molar-refractivity contribution in [2.24, 2.45) is 5.73 Å². The average molecular weight is 428 g/mol. The van der Waals surface area contributed by atoms with E-state index >= 15 is 0 Å². The summed E-state index contributed by atoms with van der Waals surface area (Å²) in [6.07, 6.45) is 1.47. The van der Waals surface area contributed by atoms with Crippen molar-refractivity contribution in [2.45, 2.75) is 18.8 Å². The van der Waals surface area contributed by atoms with Gasteiger partial charge in [0.15, 0.2) is 5.69 Å². The smallest absolute Gasteiger partial charge is 0.271 e. The third kappa shape index (κ3) is 4.36. The van der Waals surface area contributed by atoms with Crippen LogP contribution in [0.25, 0.3) is 11.3 Å². The summed E-state index contributed by atoms with van der Waals surface area (Å²) in [4.78, 5) is 11.8. The molecular weight excluding hydrogens is 409 g/mol. The maximum atomic E-state index is 14.7. The van der Waals surface area contributed by atoms with Gasteiger partial charge in [-0.15, -0.1) is 10.2 Å². The summed E-state index contributed by atoms with van der Waals surface area (Å²) in [6, 6.07) is 9.25. The number of nitrogens with one attached hydrogen (secondary N) is 1. The first kappa shape index (κ1) is 20.8. The first-order valence-corrected chi connectivity index (χ1v) is 9.70. The van der Waals surface area contributed by atoms with Gasteiger partial charge in [0, 0.05) is 18.9 Å². The Morgan fingerprint density at radius 3 is 2.35 bits per heavy atom. The van der Waals surface area contributed by atoms with E-state index in [2.05, 4.69) is 15.5 Å². The van der Waals surface area contributed by atoms with E-state index < -0.39 is 28.9 Å². The molecule has 1 aliphatic rings. The summed E-state index contributed by atoms with van der Waals surface area (Å²) in [7, 11) is 0. The second-order valence-corrected chi connectivity index (χ2v) is 7.20. The summed E-state index contributed by atoms with van der Waals surface area (Å²) < 4.78 is 48.4. The number of aromatic nitrogens is 2. The van der Waals surface area contributed by atoms with E-state index in [1.165, 1.54) is 18.2 Å². The van der Waals surface area contributed by atoms with E-state index in [0.717, 1.165) is 25.0 Å². The lowest BCUT2D eigenvalue weighted by Crippen LogP contribution is -2.17. The molecule has 0 unspecified atom stereocenters. The molecule has 1 aromatic heterocycles. The predicted octanol–water partition coefficient (Wildman–Crippen LogP) is 4.30. The monoisotopic (exact) mass is 428 g/mol. The zero-order chi connectivity index (χ0) is 22.0. The Hall–Kier alpha value is -3.46. The largest absolute Gasteiger partial charge is 0.381 e. The van der Waals surface area contributed by atoms with Gasteiger partial charge in [-0.05, 0) is 54.7 Å². The molecular formula is C22H19F3N4O2. The van der Waals surface area contributed by atoms with Crippen LogP contribution in [0.3, 0.4) is 0 Å². The number of amides is 1. The molecule has 1 saturated heterocycles. The van der Waals surface area contributed by atoms with E-state index in [0.29, 0.717) is 24.5 Å². The second-order valence-electron chi connectivity index (χ2n) is 7.20. The average Bonchev–Trinajstić information content (AvgIpc) is 2.74. The van der Waals surface area contributed by atoms with Crippen molar-refractivity contribution < 1.29 is 22.7 Å². The summed E-state index contributed by atoms with van der Waals surface area (Å²) in [6.45, 7) is 1.17. The summed E-state index contributed by atoms with van der Waals surface area (Å²) in [5.74, 6) is -2.89. The van der Waals surface area contributed by atoms with Crippen LogP contribution in [-0.4, -0.2) is 29.3 Å². The first-order chi connectivity index (χ1) is 14.9. The number of rotatable bonds is 5. The van der Waals surface area contributed by atoms with Crippen molar-refractivity contribution >= 4 is 17.3 Å². The number of ether oxygens (including phenoxy) is 1. The zero-order valence-electron chi connectivity index (χ0n) is 16.4. The maximum absolute atomic E-state index is 14.7. The highest BCUT2D eigenvalue weighted by atomic mass is 19.1. The van der Waals surface area contributed by atoms with E-state index in [1.807, 2.05) is 0 Å². The molecule has 3 aromatic rings. The summed E-state index contributed by atoms with van der Waals surface area (Å²) in [5, 5.41) is 10.3. The molecule has 31 heavy (non-hydrogen) atoms. The summed E-state index contributed by atoms with van der Waals surface area (Å²) >= 11 is 0. The van der Waals surface area contributed by atoms with E-state index in [1.54, 1.807) is 12.1 Å². The molecule has 0 aliphatic carbocycles. The zero-order valence-corrected chi connectivity index (χ0v) is 16.4. The Labute approximate surface area is 176 Å². The minimum atomic E-state index is -0.894. The standard InChI is InChI=1S/C22H19F3N4O2/c23-15-2-1-3-16(24)20(15)18-11-19(21(22(26)30)29-28-18)27-13-4-5-14(17(25)10-13)12-6-8-31-9-7-12/h1-5,10-12H,6-9H2,(H2,26,30)(H,27,28). The lowest BCUT2D eigenvalue weighted by Gasteiger charge is -2.23. The van der Waals surface area contributed by atoms with Crippen LogP contribution >= 0.6 is 0 Å². The fourth-order valence-corrected chi connectivity index (χ4v) is 3.63. The predicted molar refractivity (Wildman–Crippen MR) is 108 cm³/mol. The van der Waals surface area contributed by atoms with E-state index in [9.17, 15) is 18.0 Å².